The maximum Gasteiger partial charge on any atom is 1.00 e. The summed E-state index contributed by atoms with van der Waals surface area (Å²) >= 11 is 0. The minimum Gasteiger partial charge on any atom is -0.545 e. The van der Waals surface area contributed by atoms with E-state index in [-0.39, 0.29) is 92.2 Å². The zero-order valence-electron chi connectivity index (χ0n) is 16.8. The van der Waals surface area contributed by atoms with Gasteiger partial charge in [0.2, 0.25) is 5.78 Å². The zero-order chi connectivity index (χ0) is 21.6. The Morgan fingerprint density at radius 2 is 1.00 bits per heavy atom. The molecule has 148 valence electrons. The number of carbonyl (C=O) groups is 3. The van der Waals surface area contributed by atoms with E-state index in [0.29, 0.717) is 0 Å². The number of ketones is 1. The number of carboxylic acids is 2. The molecule has 2 heterocycles. The van der Waals surface area contributed by atoms with Crippen LogP contribution in [0.3, 0.4) is 0 Å². The SMILES string of the molecule is O=C([O-])c1ccc2oc(=O)c(C(=O)c3cc4cc(C(=O)[O-])ccc4oc3=O)cc2c1.[Na+].[Na+]. The van der Waals surface area contributed by atoms with Crippen molar-refractivity contribution in [2.24, 2.45) is 0 Å². The molecule has 0 atom stereocenters. The summed E-state index contributed by atoms with van der Waals surface area (Å²) in [5.74, 6) is -3.95. The van der Waals surface area contributed by atoms with Gasteiger partial charge in [0.25, 0.3) is 0 Å². The molecule has 0 fully saturated rings. The summed E-state index contributed by atoms with van der Waals surface area (Å²) in [6, 6.07) is 9.32. The van der Waals surface area contributed by atoms with Crippen LogP contribution in [0.1, 0.15) is 36.6 Å². The first-order valence-corrected chi connectivity index (χ1v) is 8.38. The normalized spacial score (nSPS) is 10.2. The summed E-state index contributed by atoms with van der Waals surface area (Å²) < 4.78 is 10.1. The van der Waals surface area contributed by atoms with Crippen LogP contribution in [-0.4, -0.2) is 17.7 Å². The number of fused-ring (bicyclic) bond motifs is 2. The minimum absolute atomic E-state index is 0. The Labute approximate surface area is 222 Å². The molecule has 0 unspecified atom stereocenters. The number of aromatic carboxylic acids is 2. The molecule has 0 N–H and O–H groups in total. The number of benzene rings is 2. The van der Waals surface area contributed by atoms with Crippen molar-refractivity contribution in [3.8, 4) is 0 Å². The van der Waals surface area contributed by atoms with Crippen molar-refractivity contribution in [3.05, 3.63) is 91.6 Å². The van der Waals surface area contributed by atoms with E-state index in [0.717, 1.165) is 24.3 Å². The molecule has 9 nitrogen and oxygen atoms in total. The van der Waals surface area contributed by atoms with E-state index >= 15 is 0 Å². The quantitative estimate of drug-likeness (QED) is 0.168. The van der Waals surface area contributed by atoms with Gasteiger partial charge in [-0.2, -0.15) is 0 Å². The molecule has 11 heteroatoms. The third kappa shape index (κ3) is 4.78. The second kappa shape index (κ2) is 9.95. The Balaban J connectivity index is 0.00000181. The first-order valence-electron chi connectivity index (χ1n) is 8.38. The van der Waals surface area contributed by atoms with Crippen LogP contribution in [0.15, 0.2) is 67.0 Å². The number of carboxylic acid groups (broad SMARTS) is 2. The smallest absolute Gasteiger partial charge is 0.545 e. The number of carbonyl (C=O) groups excluding carboxylic acids is 3. The maximum atomic E-state index is 12.8. The van der Waals surface area contributed by atoms with E-state index in [9.17, 15) is 34.2 Å². The van der Waals surface area contributed by atoms with Gasteiger partial charge < -0.3 is 28.6 Å². The number of rotatable bonds is 4. The average Bonchev–Trinajstić information content (AvgIpc) is 2.71. The fourth-order valence-corrected chi connectivity index (χ4v) is 2.96. The van der Waals surface area contributed by atoms with Crippen LogP contribution in [-0.2, 0) is 0 Å². The largest absolute Gasteiger partial charge is 1.00 e. The second-order valence-electron chi connectivity index (χ2n) is 6.30. The third-order valence-electron chi connectivity index (χ3n) is 4.43. The van der Waals surface area contributed by atoms with Crippen molar-refractivity contribution in [1.29, 1.82) is 0 Å². The van der Waals surface area contributed by atoms with Gasteiger partial charge in [-0.1, -0.05) is 0 Å². The topological polar surface area (TPSA) is 158 Å². The predicted molar refractivity (Wildman–Crippen MR) is 97.1 cm³/mol. The third-order valence-corrected chi connectivity index (χ3v) is 4.43. The monoisotopic (exact) mass is 450 g/mol. The molecule has 4 aromatic rings. The van der Waals surface area contributed by atoms with Crippen molar-refractivity contribution in [2.45, 2.75) is 0 Å². The molecule has 4 rings (SSSR count). The Bertz CT molecular complexity index is 1400. The van der Waals surface area contributed by atoms with Gasteiger partial charge in [0.1, 0.15) is 22.3 Å². The molecule has 0 aliphatic carbocycles. The summed E-state index contributed by atoms with van der Waals surface area (Å²) in [5, 5.41) is 22.3. The molecule has 0 radical (unpaired) electrons. The zero-order valence-corrected chi connectivity index (χ0v) is 20.8. The van der Waals surface area contributed by atoms with Crippen LogP contribution in [0.4, 0.5) is 0 Å². The van der Waals surface area contributed by atoms with Crippen LogP contribution in [0.5, 0.6) is 0 Å². The van der Waals surface area contributed by atoms with Gasteiger partial charge in [-0.05, 0) is 59.7 Å². The Morgan fingerprint density at radius 1 is 0.625 bits per heavy atom. The molecule has 0 aliphatic rings. The molecule has 32 heavy (non-hydrogen) atoms. The van der Waals surface area contributed by atoms with Gasteiger partial charge in [0.05, 0.1) is 11.9 Å². The van der Waals surface area contributed by atoms with E-state index in [1.807, 2.05) is 0 Å². The second-order valence-corrected chi connectivity index (χ2v) is 6.30. The maximum absolute atomic E-state index is 12.8. The number of hydrogen-bond donors (Lipinski definition) is 0. The molecule has 0 spiro atoms. The van der Waals surface area contributed by atoms with E-state index in [4.69, 9.17) is 8.83 Å². The summed E-state index contributed by atoms with van der Waals surface area (Å²) in [4.78, 5) is 59.4. The first kappa shape index (κ1) is 25.7. The van der Waals surface area contributed by atoms with E-state index in [1.165, 1.54) is 24.3 Å². The Hall–Kier alpha value is -2.53. The molecule has 0 saturated carbocycles. The van der Waals surface area contributed by atoms with Gasteiger partial charge in [-0.25, -0.2) is 9.59 Å². The van der Waals surface area contributed by atoms with Crippen molar-refractivity contribution in [1.82, 2.24) is 0 Å². The molecule has 0 aliphatic heterocycles. The van der Waals surface area contributed by atoms with Gasteiger partial charge >= 0.3 is 70.4 Å². The molecule has 2 aromatic carbocycles. The first-order chi connectivity index (χ1) is 14.2. The molecule has 0 saturated heterocycles. The van der Waals surface area contributed by atoms with E-state index in [2.05, 4.69) is 0 Å². The summed E-state index contributed by atoms with van der Waals surface area (Å²) in [5.41, 5.74) is -3.48. The van der Waals surface area contributed by atoms with Crippen LogP contribution in [0.25, 0.3) is 21.9 Å². The van der Waals surface area contributed by atoms with Crippen LogP contribution >= 0.6 is 0 Å². The molecular weight excluding hydrogens is 442 g/mol. The van der Waals surface area contributed by atoms with Gasteiger partial charge in [-0.3, -0.25) is 4.79 Å². The molecule has 0 bridgehead atoms. The predicted octanol–water partition coefficient (Wildman–Crippen LogP) is -6.13. The van der Waals surface area contributed by atoms with Gasteiger partial charge in [0, 0.05) is 10.8 Å². The van der Waals surface area contributed by atoms with Gasteiger partial charge in [-0.15, -0.1) is 0 Å². The minimum atomic E-state index is -1.46. The summed E-state index contributed by atoms with van der Waals surface area (Å²) in [6.45, 7) is 0. The van der Waals surface area contributed by atoms with Gasteiger partial charge in [0.15, 0.2) is 0 Å². The van der Waals surface area contributed by atoms with Crippen LogP contribution in [0, 0.1) is 0 Å². The molecule has 2 aromatic heterocycles. The van der Waals surface area contributed by atoms with Crippen molar-refractivity contribution in [2.75, 3.05) is 0 Å². The fourth-order valence-electron chi connectivity index (χ4n) is 2.96. The van der Waals surface area contributed by atoms with Crippen LogP contribution in [0.2, 0.25) is 0 Å². The standard InChI is InChI=1S/C21H10O9.2Na/c22-17(13-7-11-5-9(18(23)24)1-3-15(11)29-20(13)27)14-8-12-6-10(19(25)26)2-4-16(12)30-21(14)28;;/h1-8H,(H,23,24)(H,25,26);;/q;2*+1/p-2. The summed E-state index contributed by atoms with van der Waals surface area (Å²) in [7, 11) is 0. The van der Waals surface area contributed by atoms with Crippen molar-refractivity contribution < 1.29 is 92.5 Å². The van der Waals surface area contributed by atoms with E-state index in [1.54, 1.807) is 0 Å². The van der Waals surface area contributed by atoms with Crippen LogP contribution < -0.4 is 80.6 Å². The molecular formula is C21H8Na2O9. The Kier molecular flexibility index (Phi) is 8.00. The van der Waals surface area contributed by atoms with E-state index < -0.39 is 40.1 Å². The van der Waals surface area contributed by atoms with Crippen molar-refractivity contribution in [3.63, 3.8) is 0 Å². The molecule has 0 amide bonds. The Morgan fingerprint density at radius 3 is 1.34 bits per heavy atom. The fraction of sp³-hybridized carbons (Fsp3) is 0. The number of hydrogen-bond acceptors (Lipinski definition) is 9. The van der Waals surface area contributed by atoms with Crippen molar-refractivity contribution >= 4 is 39.7 Å². The summed E-state index contributed by atoms with van der Waals surface area (Å²) in [6.07, 6.45) is 0. The average molecular weight is 450 g/mol.